The maximum absolute atomic E-state index is 6.58. The Morgan fingerprint density at radius 1 is 0.465 bits per heavy atom. The van der Waals surface area contributed by atoms with Crippen molar-refractivity contribution < 1.29 is 4.42 Å². The number of thiophene rings is 1. The molecule has 2 aromatic heterocycles. The summed E-state index contributed by atoms with van der Waals surface area (Å²) in [7, 11) is 0. The number of rotatable bonds is 4. The quantitative estimate of drug-likeness (QED) is 0.210. The average Bonchev–Trinajstić information content (AvgIpc) is 3.64. The highest BCUT2D eigenvalue weighted by Crippen LogP contribution is 2.47. The average molecular weight is 568 g/mol. The number of hydrogen-bond donors (Lipinski definition) is 0. The largest absolute Gasteiger partial charge is 0.454 e. The predicted molar refractivity (Wildman–Crippen MR) is 184 cm³/mol. The van der Waals surface area contributed by atoms with E-state index < -0.39 is 0 Å². The molecular formula is C40H25NOS. The highest BCUT2D eigenvalue weighted by atomic mass is 32.1. The van der Waals surface area contributed by atoms with E-state index in [1.165, 1.54) is 42.1 Å². The highest BCUT2D eigenvalue weighted by molar-refractivity contribution is 7.26. The van der Waals surface area contributed by atoms with Gasteiger partial charge in [-0.2, -0.15) is 0 Å². The molecule has 0 fully saturated rings. The summed E-state index contributed by atoms with van der Waals surface area (Å²) >= 11 is 1.84. The Morgan fingerprint density at radius 3 is 2.05 bits per heavy atom. The lowest BCUT2D eigenvalue weighted by Gasteiger charge is -2.26. The zero-order chi connectivity index (χ0) is 28.3. The monoisotopic (exact) mass is 567 g/mol. The first-order chi connectivity index (χ1) is 21.3. The SMILES string of the molecule is c1ccc2cc(-c3ccc(N(c4cccc5c4oc4ccccc45)c4cccc5sc6ccccc6c45)cc3)ccc2c1. The van der Waals surface area contributed by atoms with Gasteiger partial charge in [-0.25, -0.2) is 0 Å². The fourth-order valence-corrected chi connectivity index (χ4v) is 7.56. The minimum absolute atomic E-state index is 0.888. The predicted octanol–water partition coefficient (Wildman–Crippen LogP) is 12.2. The van der Waals surface area contributed by atoms with E-state index in [1.54, 1.807) is 0 Å². The molecular weight excluding hydrogens is 543 g/mol. The Bertz CT molecular complexity index is 2470. The number of furan rings is 1. The minimum atomic E-state index is 0.888. The van der Waals surface area contributed by atoms with Crippen LogP contribution in [0.5, 0.6) is 0 Å². The summed E-state index contributed by atoms with van der Waals surface area (Å²) in [6.07, 6.45) is 0. The van der Waals surface area contributed by atoms with Gasteiger partial charge in [-0.3, -0.25) is 0 Å². The summed E-state index contributed by atoms with van der Waals surface area (Å²) < 4.78 is 9.15. The summed E-state index contributed by atoms with van der Waals surface area (Å²) in [5, 5.41) is 7.28. The van der Waals surface area contributed by atoms with Gasteiger partial charge in [-0.1, -0.05) is 103 Å². The Balaban J connectivity index is 1.28. The molecule has 0 atom stereocenters. The van der Waals surface area contributed by atoms with Crippen LogP contribution in [0.15, 0.2) is 156 Å². The first-order valence-electron chi connectivity index (χ1n) is 14.5. The van der Waals surface area contributed by atoms with Gasteiger partial charge in [-0.15, -0.1) is 11.3 Å². The van der Waals surface area contributed by atoms with Gasteiger partial charge >= 0.3 is 0 Å². The third-order valence-corrected chi connectivity index (χ3v) is 9.59. The van der Waals surface area contributed by atoms with Gasteiger partial charge < -0.3 is 9.32 Å². The highest BCUT2D eigenvalue weighted by Gasteiger charge is 2.22. The molecule has 3 heteroatoms. The third-order valence-electron chi connectivity index (χ3n) is 8.45. The number of para-hydroxylation sites is 2. The van der Waals surface area contributed by atoms with Gasteiger partial charge in [0.2, 0.25) is 0 Å². The fourth-order valence-electron chi connectivity index (χ4n) is 6.43. The lowest BCUT2D eigenvalue weighted by atomic mass is 10.0. The van der Waals surface area contributed by atoms with E-state index in [9.17, 15) is 0 Å². The van der Waals surface area contributed by atoms with Gasteiger partial charge in [0.15, 0.2) is 5.58 Å². The second-order valence-electron chi connectivity index (χ2n) is 10.9. The van der Waals surface area contributed by atoms with Crippen molar-refractivity contribution in [3.05, 3.63) is 152 Å². The summed E-state index contributed by atoms with van der Waals surface area (Å²) in [6, 6.07) is 54.3. The second-order valence-corrected chi connectivity index (χ2v) is 12.0. The molecule has 7 aromatic carbocycles. The molecule has 0 radical (unpaired) electrons. The molecule has 0 aliphatic carbocycles. The Hall–Kier alpha value is -5.38. The molecule has 0 bridgehead atoms. The minimum Gasteiger partial charge on any atom is -0.454 e. The molecule has 2 heterocycles. The van der Waals surface area contributed by atoms with Crippen LogP contribution in [0.4, 0.5) is 17.1 Å². The van der Waals surface area contributed by atoms with Gasteiger partial charge in [0.1, 0.15) is 5.58 Å². The van der Waals surface area contributed by atoms with Crippen molar-refractivity contribution in [1.82, 2.24) is 0 Å². The molecule has 202 valence electrons. The molecule has 9 aromatic rings. The van der Waals surface area contributed by atoms with E-state index in [-0.39, 0.29) is 0 Å². The first-order valence-corrected chi connectivity index (χ1v) is 15.3. The molecule has 9 rings (SSSR count). The molecule has 0 N–H and O–H groups in total. The summed E-state index contributed by atoms with van der Waals surface area (Å²) in [6.45, 7) is 0. The zero-order valence-electron chi connectivity index (χ0n) is 23.2. The van der Waals surface area contributed by atoms with Crippen molar-refractivity contribution in [2.45, 2.75) is 0 Å². The summed E-state index contributed by atoms with van der Waals surface area (Å²) in [5.41, 5.74) is 7.43. The third kappa shape index (κ3) is 3.86. The molecule has 0 saturated heterocycles. The van der Waals surface area contributed by atoms with E-state index in [1.807, 2.05) is 17.4 Å². The zero-order valence-corrected chi connectivity index (χ0v) is 24.0. The second kappa shape index (κ2) is 9.59. The maximum atomic E-state index is 6.58. The van der Waals surface area contributed by atoms with Gasteiger partial charge in [-0.05, 0) is 70.4 Å². The van der Waals surface area contributed by atoms with Crippen LogP contribution >= 0.6 is 11.3 Å². The van der Waals surface area contributed by atoms with Crippen molar-refractivity contribution >= 4 is 81.3 Å². The smallest absolute Gasteiger partial charge is 0.159 e. The lowest BCUT2D eigenvalue weighted by molar-refractivity contribution is 0.669. The number of nitrogens with zero attached hydrogens (tertiary/aromatic N) is 1. The number of fused-ring (bicyclic) bond motifs is 7. The van der Waals surface area contributed by atoms with Crippen LogP contribution in [0, 0.1) is 0 Å². The molecule has 0 spiro atoms. The van der Waals surface area contributed by atoms with Crippen molar-refractivity contribution in [3.8, 4) is 11.1 Å². The molecule has 0 unspecified atom stereocenters. The molecule has 43 heavy (non-hydrogen) atoms. The van der Waals surface area contributed by atoms with Crippen LogP contribution in [0.25, 0.3) is 64.0 Å². The fraction of sp³-hybridized carbons (Fsp3) is 0. The van der Waals surface area contributed by atoms with E-state index in [2.05, 4.69) is 150 Å². The number of hydrogen-bond acceptors (Lipinski definition) is 3. The van der Waals surface area contributed by atoms with Gasteiger partial charge in [0.25, 0.3) is 0 Å². The van der Waals surface area contributed by atoms with Crippen LogP contribution in [0.1, 0.15) is 0 Å². The standard InChI is InChI=1S/C40H25NOS/c1-2-10-28-25-29(20-19-26(28)9-1)27-21-23-30(24-22-27)41(34-14-8-18-38-39(34)33-12-4-6-17-37(33)43-38)35-15-7-13-32-31-11-3-5-16-36(31)42-40(32)35/h1-25H. The molecule has 0 aliphatic heterocycles. The maximum Gasteiger partial charge on any atom is 0.159 e. The van der Waals surface area contributed by atoms with Crippen LogP contribution in [0.2, 0.25) is 0 Å². The lowest BCUT2D eigenvalue weighted by Crippen LogP contribution is -2.10. The van der Waals surface area contributed by atoms with Crippen molar-refractivity contribution in [1.29, 1.82) is 0 Å². The van der Waals surface area contributed by atoms with Crippen LogP contribution in [-0.4, -0.2) is 0 Å². The van der Waals surface area contributed by atoms with E-state index in [0.717, 1.165) is 39.0 Å². The van der Waals surface area contributed by atoms with Crippen molar-refractivity contribution in [3.63, 3.8) is 0 Å². The van der Waals surface area contributed by atoms with Crippen LogP contribution in [-0.2, 0) is 0 Å². The Morgan fingerprint density at radius 2 is 1.14 bits per heavy atom. The van der Waals surface area contributed by atoms with E-state index >= 15 is 0 Å². The summed E-state index contributed by atoms with van der Waals surface area (Å²) in [5.74, 6) is 0. The Kier molecular flexibility index (Phi) is 5.40. The van der Waals surface area contributed by atoms with Crippen molar-refractivity contribution in [2.24, 2.45) is 0 Å². The topological polar surface area (TPSA) is 16.4 Å². The Labute approximate surface area is 252 Å². The van der Waals surface area contributed by atoms with Crippen molar-refractivity contribution in [2.75, 3.05) is 4.90 Å². The van der Waals surface area contributed by atoms with Gasteiger partial charge in [0, 0.05) is 36.6 Å². The number of anilines is 3. The molecule has 0 saturated carbocycles. The molecule has 0 aliphatic rings. The van der Waals surface area contributed by atoms with E-state index in [4.69, 9.17) is 4.42 Å². The summed E-state index contributed by atoms with van der Waals surface area (Å²) in [4.78, 5) is 2.37. The number of benzene rings is 7. The molecule has 2 nitrogen and oxygen atoms in total. The van der Waals surface area contributed by atoms with Crippen LogP contribution in [0.3, 0.4) is 0 Å². The van der Waals surface area contributed by atoms with E-state index in [0.29, 0.717) is 0 Å². The molecule has 0 amide bonds. The first kappa shape index (κ1) is 24.2. The van der Waals surface area contributed by atoms with Crippen LogP contribution < -0.4 is 4.90 Å². The van der Waals surface area contributed by atoms with Gasteiger partial charge in [0.05, 0.1) is 11.4 Å². The normalized spacial score (nSPS) is 11.7.